The van der Waals surface area contributed by atoms with E-state index in [1.165, 1.54) is 0 Å². The Morgan fingerprint density at radius 2 is 1.87 bits per heavy atom. The number of halogens is 3. The van der Waals surface area contributed by atoms with Gasteiger partial charge in [-0.15, -0.1) is 0 Å². The summed E-state index contributed by atoms with van der Waals surface area (Å²) in [7, 11) is 0. The topological polar surface area (TPSA) is 24.4 Å². The fourth-order valence-electron chi connectivity index (χ4n) is 1.33. The second kappa shape index (κ2) is 4.21. The summed E-state index contributed by atoms with van der Waals surface area (Å²) < 4.78 is 13.6. The molecule has 1 atom stereocenters. The lowest BCUT2D eigenvalue weighted by atomic mass is 10.1. The minimum atomic E-state index is -0.743. The monoisotopic (exact) mass is 244 g/mol. The summed E-state index contributed by atoms with van der Waals surface area (Å²) in [5, 5.41) is 2.40. The Morgan fingerprint density at radius 1 is 1.20 bits per heavy atom. The molecule has 0 aliphatic carbocycles. The molecule has 0 saturated carbocycles. The summed E-state index contributed by atoms with van der Waals surface area (Å²) in [6.07, 6.45) is 0. The molecular weight excluding hydrogens is 238 g/mol. The van der Waals surface area contributed by atoms with E-state index in [4.69, 9.17) is 23.2 Å². The molecule has 5 heteroatoms. The third-order valence-corrected chi connectivity index (χ3v) is 2.49. The highest BCUT2D eigenvalue weighted by molar-refractivity contribution is 6.65. The van der Waals surface area contributed by atoms with Crippen LogP contribution in [-0.2, 0) is 0 Å². The van der Waals surface area contributed by atoms with Gasteiger partial charge in [0.15, 0.2) is 11.1 Å². The van der Waals surface area contributed by atoms with E-state index < -0.39 is 11.9 Å². The number of hydrogen-bond acceptors (Lipinski definition) is 2. The van der Waals surface area contributed by atoms with Crippen molar-refractivity contribution in [2.45, 2.75) is 6.04 Å². The maximum atomic E-state index is 13.6. The van der Waals surface area contributed by atoms with Gasteiger partial charge in [0.2, 0.25) is 0 Å². The van der Waals surface area contributed by atoms with Crippen LogP contribution in [0.2, 0.25) is 0 Å². The van der Waals surface area contributed by atoms with Crippen LogP contribution in [0.4, 0.5) is 4.39 Å². The lowest BCUT2D eigenvalue weighted by Crippen LogP contribution is -2.22. The van der Waals surface area contributed by atoms with Crippen LogP contribution >= 0.6 is 23.2 Å². The van der Waals surface area contributed by atoms with E-state index in [0.29, 0.717) is 5.56 Å². The van der Waals surface area contributed by atoms with Crippen molar-refractivity contribution in [3.63, 3.8) is 0 Å². The fraction of sp³-hybridized carbons (Fsp3) is 0.100. The molecule has 1 N–H and O–H groups in total. The molecule has 78 valence electrons. The highest BCUT2D eigenvalue weighted by Crippen LogP contribution is 2.32. The molecule has 0 radical (unpaired) electrons. The summed E-state index contributed by atoms with van der Waals surface area (Å²) in [5.74, 6) is -0.521. The van der Waals surface area contributed by atoms with Gasteiger partial charge >= 0.3 is 0 Å². The van der Waals surface area contributed by atoms with Gasteiger partial charge in [-0.05, 0) is 17.2 Å². The first-order chi connectivity index (χ1) is 7.18. The molecule has 2 nitrogen and oxygen atoms in total. The Labute approximate surface area is 96.4 Å². The molecule has 1 aromatic carbocycles. The van der Waals surface area contributed by atoms with Crippen molar-refractivity contribution in [1.29, 1.82) is 0 Å². The van der Waals surface area contributed by atoms with E-state index in [1.807, 2.05) is 18.2 Å². The molecule has 0 spiro atoms. The van der Waals surface area contributed by atoms with E-state index in [0.717, 1.165) is 0 Å². The molecule has 1 aliphatic rings. The van der Waals surface area contributed by atoms with E-state index in [2.05, 4.69) is 10.3 Å². The molecule has 0 saturated heterocycles. The van der Waals surface area contributed by atoms with Gasteiger partial charge in [-0.25, -0.2) is 9.38 Å². The average Bonchev–Trinajstić information content (AvgIpc) is 2.24. The van der Waals surface area contributed by atoms with Crippen LogP contribution in [0.15, 0.2) is 46.3 Å². The summed E-state index contributed by atoms with van der Waals surface area (Å²) in [5.41, 5.74) is 0.716. The highest BCUT2D eigenvalue weighted by Gasteiger charge is 2.24. The zero-order valence-electron chi connectivity index (χ0n) is 7.55. The predicted octanol–water partition coefficient (Wildman–Crippen LogP) is 3.30. The van der Waals surface area contributed by atoms with Crippen molar-refractivity contribution >= 4 is 28.5 Å². The van der Waals surface area contributed by atoms with Crippen molar-refractivity contribution in [3.05, 3.63) is 46.9 Å². The van der Waals surface area contributed by atoms with Crippen LogP contribution in [0.1, 0.15) is 11.6 Å². The first kappa shape index (κ1) is 10.5. The summed E-state index contributed by atoms with van der Waals surface area (Å²) in [6, 6.07) is 8.26. The largest absolute Gasteiger partial charge is 0.319 e. The number of hydrogen-bond donors (Lipinski definition) is 1. The Bertz CT molecular complexity index is 428. The molecule has 0 bridgehead atoms. The van der Waals surface area contributed by atoms with Gasteiger partial charge in [0.05, 0.1) is 0 Å². The van der Waals surface area contributed by atoms with Crippen LogP contribution in [0.25, 0.3) is 0 Å². The molecular formula is C10H7Cl2FN2. The van der Waals surface area contributed by atoms with Gasteiger partial charge in [0.1, 0.15) is 11.2 Å². The molecule has 1 aromatic rings. The fourth-order valence-corrected chi connectivity index (χ4v) is 1.76. The third kappa shape index (κ3) is 2.13. The standard InChI is InChI=1S/C10H7Cl2FN2/c11-9-7(13)8(14-10(12)15-9)6-4-2-1-3-5-6/h1-5,8H,(H,14,15). The summed E-state index contributed by atoms with van der Waals surface area (Å²) in [4.78, 5) is 3.94. The molecule has 0 aromatic heterocycles. The number of nitrogens with one attached hydrogen (secondary N) is 1. The first-order valence-corrected chi connectivity index (χ1v) is 5.04. The maximum absolute atomic E-state index is 13.6. The Hall–Kier alpha value is -1.06. The molecule has 1 heterocycles. The van der Waals surface area contributed by atoms with Gasteiger partial charge in [0, 0.05) is 0 Å². The normalized spacial score (nSPS) is 21.0. The molecule has 0 fully saturated rings. The van der Waals surface area contributed by atoms with E-state index in [-0.39, 0.29) is 10.5 Å². The minimum Gasteiger partial charge on any atom is -0.319 e. The lowest BCUT2D eigenvalue weighted by Gasteiger charge is -2.18. The van der Waals surface area contributed by atoms with E-state index in [1.54, 1.807) is 12.1 Å². The second-order valence-corrected chi connectivity index (χ2v) is 3.76. The van der Waals surface area contributed by atoms with Crippen molar-refractivity contribution < 1.29 is 4.39 Å². The van der Waals surface area contributed by atoms with Crippen LogP contribution in [-0.4, -0.2) is 5.29 Å². The number of benzene rings is 1. The molecule has 15 heavy (non-hydrogen) atoms. The van der Waals surface area contributed by atoms with Crippen molar-refractivity contribution in [2.24, 2.45) is 4.99 Å². The van der Waals surface area contributed by atoms with Crippen LogP contribution in [0.3, 0.4) is 0 Å². The van der Waals surface area contributed by atoms with Crippen molar-refractivity contribution in [1.82, 2.24) is 5.32 Å². The predicted molar refractivity (Wildman–Crippen MR) is 59.6 cm³/mol. The SMILES string of the molecule is FC1=C(Cl)NC(Cl)=NC1c1ccccc1. The highest BCUT2D eigenvalue weighted by atomic mass is 35.5. The average molecular weight is 245 g/mol. The van der Waals surface area contributed by atoms with Gasteiger partial charge < -0.3 is 5.32 Å². The summed E-state index contributed by atoms with van der Waals surface area (Å²) in [6.45, 7) is 0. The van der Waals surface area contributed by atoms with E-state index >= 15 is 0 Å². The van der Waals surface area contributed by atoms with E-state index in [9.17, 15) is 4.39 Å². The van der Waals surface area contributed by atoms with Crippen molar-refractivity contribution in [2.75, 3.05) is 0 Å². The zero-order valence-corrected chi connectivity index (χ0v) is 9.06. The molecule has 0 amide bonds. The Morgan fingerprint density at radius 3 is 2.53 bits per heavy atom. The van der Waals surface area contributed by atoms with Gasteiger partial charge in [-0.3, -0.25) is 0 Å². The number of aliphatic imine (C=N–C) groups is 1. The maximum Gasteiger partial charge on any atom is 0.197 e. The van der Waals surface area contributed by atoms with Gasteiger partial charge in [-0.2, -0.15) is 0 Å². The number of nitrogens with zero attached hydrogens (tertiary/aromatic N) is 1. The first-order valence-electron chi connectivity index (χ1n) is 4.29. The van der Waals surface area contributed by atoms with Gasteiger partial charge in [0.25, 0.3) is 0 Å². The minimum absolute atomic E-state index is 0.0928. The summed E-state index contributed by atoms with van der Waals surface area (Å²) >= 11 is 11.3. The quantitative estimate of drug-likeness (QED) is 0.754. The van der Waals surface area contributed by atoms with Crippen molar-refractivity contribution in [3.8, 4) is 0 Å². The Balaban J connectivity index is 2.40. The van der Waals surface area contributed by atoms with Crippen LogP contribution < -0.4 is 5.32 Å². The molecule has 1 unspecified atom stereocenters. The zero-order chi connectivity index (χ0) is 10.8. The smallest absolute Gasteiger partial charge is 0.197 e. The van der Waals surface area contributed by atoms with Crippen LogP contribution in [0.5, 0.6) is 0 Å². The third-order valence-electron chi connectivity index (χ3n) is 2.02. The van der Waals surface area contributed by atoms with Crippen LogP contribution in [0, 0.1) is 0 Å². The Kier molecular flexibility index (Phi) is 2.93. The second-order valence-electron chi connectivity index (χ2n) is 3.02. The molecule has 1 aliphatic heterocycles. The number of amidine groups is 1. The van der Waals surface area contributed by atoms with Gasteiger partial charge in [-0.1, -0.05) is 41.9 Å². The molecule has 2 rings (SSSR count). The number of rotatable bonds is 1. The lowest BCUT2D eigenvalue weighted by molar-refractivity contribution is 0.538.